The lowest BCUT2D eigenvalue weighted by Crippen LogP contribution is -2.10. The average Bonchev–Trinajstić information content (AvgIpc) is 3.16. The van der Waals surface area contributed by atoms with E-state index in [0.29, 0.717) is 18.0 Å². The number of amides is 1. The molecule has 0 aliphatic heterocycles. The lowest BCUT2D eigenvalue weighted by atomic mass is 10.1. The monoisotopic (exact) mass is 323 g/mol. The van der Waals surface area contributed by atoms with Crippen molar-refractivity contribution in [2.45, 2.75) is 13.2 Å². The van der Waals surface area contributed by atoms with E-state index in [0.717, 1.165) is 11.1 Å². The summed E-state index contributed by atoms with van der Waals surface area (Å²) in [5, 5.41) is 11.8. The lowest BCUT2D eigenvalue weighted by Gasteiger charge is -2.08. The lowest BCUT2D eigenvalue weighted by molar-refractivity contribution is 0.0996. The van der Waals surface area contributed by atoms with Crippen LogP contribution in [0.4, 0.5) is 5.69 Å². The van der Waals surface area contributed by atoms with Crippen molar-refractivity contribution in [1.82, 2.24) is 0 Å². The molecule has 0 atom stereocenters. The molecule has 0 bridgehead atoms. The zero-order chi connectivity index (χ0) is 16.8. The van der Waals surface area contributed by atoms with Crippen LogP contribution in [-0.4, -0.2) is 11.0 Å². The Kier molecular flexibility index (Phi) is 4.93. The fourth-order valence-corrected chi connectivity index (χ4v) is 2.14. The summed E-state index contributed by atoms with van der Waals surface area (Å²) >= 11 is 0. The number of aliphatic hydroxyl groups is 1. The van der Waals surface area contributed by atoms with Crippen molar-refractivity contribution in [3.05, 3.63) is 83.8 Å². The highest BCUT2D eigenvalue weighted by Gasteiger charge is 2.08. The zero-order valence-corrected chi connectivity index (χ0v) is 12.9. The maximum Gasteiger partial charge on any atom is 0.291 e. The van der Waals surface area contributed by atoms with E-state index >= 15 is 0 Å². The van der Waals surface area contributed by atoms with Gasteiger partial charge in [-0.15, -0.1) is 0 Å². The predicted molar refractivity (Wildman–Crippen MR) is 89.8 cm³/mol. The third-order valence-corrected chi connectivity index (χ3v) is 3.47. The Morgan fingerprint density at radius 2 is 1.71 bits per heavy atom. The molecule has 2 N–H and O–H groups in total. The molecule has 0 radical (unpaired) electrons. The Labute approximate surface area is 139 Å². The van der Waals surface area contributed by atoms with Crippen LogP contribution in [0.25, 0.3) is 0 Å². The highest BCUT2D eigenvalue weighted by atomic mass is 16.5. The first-order valence-corrected chi connectivity index (χ1v) is 7.51. The summed E-state index contributed by atoms with van der Waals surface area (Å²) in [6, 6.07) is 18.0. The molecule has 24 heavy (non-hydrogen) atoms. The molecule has 0 aliphatic rings. The molecular weight excluding hydrogens is 306 g/mol. The number of hydrogen-bond donors (Lipinski definition) is 2. The summed E-state index contributed by atoms with van der Waals surface area (Å²) in [6.45, 7) is 0.468. The average molecular weight is 323 g/mol. The van der Waals surface area contributed by atoms with Gasteiger partial charge in [-0.05, 0) is 47.5 Å². The summed E-state index contributed by atoms with van der Waals surface area (Å²) in [5.41, 5.74) is 2.55. The molecule has 0 saturated heterocycles. The maximum atomic E-state index is 11.9. The topological polar surface area (TPSA) is 71.7 Å². The number of aliphatic hydroxyl groups excluding tert-OH is 1. The van der Waals surface area contributed by atoms with Gasteiger partial charge in [-0.2, -0.15) is 0 Å². The van der Waals surface area contributed by atoms with Crippen LogP contribution in [-0.2, 0) is 13.2 Å². The summed E-state index contributed by atoms with van der Waals surface area (Å²) < 4.78 is 10.7. The molecular formula is C19H17NO4. The highest BCUT2D eigenvalue weighted by Crippen LogP contribution is 2.18. The largest absolute Gasteiger partial charge is 0.489 e. The quantitative estimate of drug-likeness (QED) is 0.727. The smallest absolute Gasteiger partial charge is 0.291 e. The van der Waals surface area contributed by atoms with Crippen LogP contribution in [0, 0.1) is 0 Å². The first kappa shape index (κ1) is 15.8. The molecule has 122 valence electrons. The van der Waals surface area contributed by atoms with Crippen molar-refractivity contribution >= 4 is 11.6 Å². The Hall–Kier alpha value is -3.05. The van der Waals surface area contributed by atoms with E-state index in [1.807, 2.05) is 24.3 Å². The van der Waals surface area contributed by atoms with Gasteiger partial charge in [0.25, 0.3) is 5.91 Å². The van der Waals surface area contributed by atoms with Crippen LogP contribution in [0.5, 0.6) is 5.75 Å². The minimum atomic E-state index is -0.294. The molecule has 1 aromatic heterocycles. The number of nitrogens with one attached hydrogen (secondary N) is 1. The van der Waals surface area contributed by atoms with Crippen LogP contribution < -0.4 is 10.1 Å². The standard InChI is InChI=1S/C19H17NO4/c21-12-14-3-5-15(6-4-14)13-24-17-9-7-16(8-10-17)20-19(22)18-2-1-11-23-18/h1-11,21H,12-13H2,(H,20,22). The van der Waals surface area contributed by atoms with E-state index < -0.39 is 0 Å². The number of rotatable bonds is 6. The van der Waals surface area contributed by atoms with Crippen molar-refractivity contribution in [1.29, 1.82) is 0 Å². The SMILES string of the molecule is O=C(Nc1ccc(OCc2ccc(CO)cc2)cc1)c1ccco1. The van der Waals surface area contributed by atoms with Crippen LogP contribution in [0.3, 0.4) is 0 Å². The van der Waals surface area contributed by atoms with Crippen molar-refractivity contribution < 1.29 is 19.1 Å². The molecule has 0 fully saturated rings. The van der Waals surface area contributed by atoms with Crippen molar-refractivity contribution in [3.8, 4) is 5.75 Å². The molecule has 3 aromatic rings. The number of ether oxygens (including phenoxy) is 1. The Balaban J connectivity index is 1.55. The van der Waals surface area contributed by atoms with Crippen LogP contribution in [0.2, 0.25) is 0 Å². The fraction of sp³-hybridized carbons (Fsp3) is 0.105. The van der Waals surface area contributed by atoms with E-state index in [1.54, 1.807) is 36.4 Å². The molecule has 0 aliphatic carbocycles. The normalized spacial score (nSPS) is 10.4. The zero-order valence-electron chi connectivity index (χ0n) is 12.9. The molecule has 2 aromatic carbocycles. The third-order valence-electron chi connectivity index (χ3n) is 3.47. The van der Waals surface area contributed by atoms with Gasteiger partial charge >= 0.3 is 0 Å². The molecule has 0 unspecified atom stereocenters. The summed E-state index contributed by atoms with van der Waals surface area (Å²) in [6.07, 6.45) is 1.46. The van der Waals surface area contributed by atoms with E-state index in [-0.39, 0.29) is 18.3 Å². The van der Waals surface area contributed by atoms with Crippen LogP contribution >= 0.6 is 0 Å². The van der Waals surface area contributed by atoms with Gasteiger partial charge in [0, 0.05) is 5.69 Å². The summed E-state index contributed by atoms with van der Waals surface area (Å²) in [4.78, 5) is 11.9. The predicted octanol–water partition coefficient (Wildman–Crippen LogP) is 3.60. The highest BCUT2D eigenvalue weighted by molar-refractivity contribution is 6.02. The number of hydrogen-bond acceptors (Lipinski definition) is 4. The van der Waals surface area contributed by atoms with Gasteiger partial charge in [0.1, 0.15) is 12.4 Å². The number of benzene rings is 2. The van der Waals surface area contributed by atoms with Gasteiger partial charge in [-0.1, -0.05) is 24.3 Å². The molecule has 3 rings (SSSR count). The van der Waals surface area contributed by atoms with Crippen molar-refractivity contribution in [2.24, 2.45) is 0 Å². The van der Waals surface area contributed by atoms with E-state index in [2.05, 4.69) is 5.32 Å². The molecule has 5 nitrogen and oxygen atoms in total. The number of anilines is 1. The molecule has 0 saturated carbocycles. The second-order valence-corrected chi connectivity index (χ2v) is 5.22. The Morgan fingerprint density at radius 1 is 1.00 bits per heavy atom. The van der Waals surface area contributed by atoms with E-state index in [4.69, 9.17) is 14.3 Å². The number of carbonyl (C=O) groups is 1. The molecule has 5 heteroatoms. The fourth-order valence-electron chi connectivity index (χ4n) is 2.14. The van der Waals surface area contributed by atoms with Crippen LogP contribution in [0.15, 0.2) is 71.3 Å². The first-order chi connectivity index (χ1) is 11.7. The minimum absolute atomic E-state index is 0.0341. The molecule has 1 amide bonds. The van der Waals surface area contributed by atoms with Gasteiger partial charge in [0.15, 0.2) is 5.76 Å². The van der Waals surface area contributed by atoms with Gasteiger partial charge in [0.05, 0.1) is 12.9 Å². The molecule has 0 spiro atoms. The number of carbonyl (C=O) groups excluding carboxylic acids is 1. The summed E-state index contributed by atoms with van der Waals surface area (Å²) in [7, 11) is 0. The second-order valence-electron chi connectivity index (χ2n) is 5.22. The minimum Gasteiger partial charge on any atom is -0.489 e. The van der Waals surface area contributed by atoms with E-state index in [9.17, 15) is 4.79 Å². The second kappa shape index (κ2) is 7.48. The Morgan fingerprint density at radius 3 is 2.33 bits per heavy atom. The van der Waals surface area contributed by atoms with Gasteiger partial charge in [0.2, 0.25) is 0 Å². The van der Waals surface area contributed by atoms with Gasteiger partial charge in [-0.25, -0.2) is 0 Å². The first-order valence-electron chi connectivity index (χ1n) is 7.51. The van der Waals surface area contributed by atoms with E-state index in [1.165, 1.54) is 6.26 Å². The maximum absolute atomic E-state index is 11.9. The Bertz CT molecular complexity index is 777. The van der Waals surface area contributed by atoms with Crippen molar-refractivity contribution in [3.63, 3.8) is 0 Å². The van der Waals surface area contributed by atoms with Crippen LogP contribution in [0.1, 0.15) is 21.7 Å². The van der Waals surface area contributed by atoms with Gasteiger partial charge in [-0.3, -0.25) is 4.79 Å². The van der Waals surface area contributed by atoms with Gasteiger partial charge < -0.3 is 19.6 Å². The number of furan rings is 1. The van der Waals surface area contributed by atoms with Crippen molar-refractivity contribution in [2.75, 3.05) is 5.32 Å². The molecule has 1 heterocycles. The third kappa shape index (κ3) is 4.02. The summed E-state index contributed by atoms with van der Waals surface area (Å²) in [5.74, 6) is 0.677.